The zero-order valence-electron chi connectivity index (χ0n) is 65.2. The van der Waals surface area contributed by atoms with Gasteiger partial charge in [0.15, 0.2) is 12.2 Å². The molecule has 0 aliphatic heterocycles. The number of aliphatic hydroxyl groups excluding tert-OH is 1. The standard InChI is InChI=1S/C85H144O17P2/c1-5-9-13-17-21-25-29-33-35-37-39-41-43-47-49-53-57-61-65-69-82(87)95-75-80(101-84(89)71-67-63-59-55-51-45-31-27-23-19-15-11-7-3)77-99-103(91,92)97-73-79(86)74-98-104(93,94)100-78-81(102-85(90)72-68-64-60-56-52-46-32-28-24-20-16-12-8-4)76-96-83(88)70-66-62-58-54-50-48-44-42-40-38-36-34-30-26-22-18-14-10-6-2/h9,13,21-22,25-28,31-36,39-42,47,49,57,61,79-81,86H,5-8,10-12,14-20,23-24,29-30,37-38,43-46,48,50-56,58-60,62-78H2,1-4H3,(H,91,92)(H,93,94)/b13-9-,25-21-,26-22-,31-27-,32-28-,35-33-,36-34-,41-39-,42-40-,49-47-,61-57-. The molecule has 0 saturated carbocycles. The third-order valence-electron chi connectivity index (χ3n) is 16.6. The lowest BCUT2D eigenvalue weighted by Gasteiger charge is -2.21. The van der Waals surface area contributed by atoms with Crippen molar-refractivity contribution in [2.45, 2.75) is 341 Å². The maximum atomic E-state index is 13.1. The summed E-state index contributed by atoms with van der Waals surface area (Å²) in [7, 11) is -9.99. The van der Waals surface area contributed by atoms with Crippen molar-refractivity contribution in [3.63, 3.8) is 0 Å². The largest absolute Gasteiger partial charge is 0.472 e. The number of hydrogen-bond donors (Lipinski definition) is 3. The van der Waals surface area contributed by atoms with Gasteiger partial charge in [0.05, 0.1) is 26.4 Å². The first-order valence-corrected chi connectivity index (χ1v) is 43.4. The summed E-state index contributed by atoms with van der Waals surface area (Å²) in [6.07, 6.45) is 85.9. The Kier molecular flexibility index (Phi) is 72.9. The number of phosphoric ester groups is 2. The average molecular weight is 1500 g/mol. The Morgan fingerprint density at radius 1 is 0.279 bits per heavy atom. The molecule has 0 bridgehead atoms. The van der Waals surface area contributed by atoms with Crippen LogP contribution in [-0.4, -0.2) is 96.7 Å². The quantitative estimate of drug-likeness (QED) is 0.0169. The first kappa shape index (κ1) is 99.2. The first-order chi connectivity index (χ1) is 50.7. The van der Waals surface area contributed by atoms with E-state index in [4.69, 9.17) is 37.0 Å². The Morgan fingerprint density at radius 2 is 0.519 bits per heavy atom. The second kappa shape index (κ2) is 76.4. The van der Waals surface area contributed by atoms with Crippen molar-refractivity contribution in [1.82, 2.24) is 0 Å². The molecule has 5 unspecified atom stereocenters. The fraction of sp³-hybridized carbons (Fsp3) is 0.694. The van der Waals surface area contributed by atoms with Gasteiger partial charge >= 0.3 is 39.5 Å². The van der Waals surface area contributed by atoms with Gasteiger partial charge in [-0.25, -0.2) is 9.13 Å². The highest BCUT2D eigenvalue weighted by atomic mass is 31.2. The normalized spacial score (nSPS) is 14.6. The molecule has 3 N–H and O–H groups in total. The van der Waals surface area contributed by atoms with Crippen LogP contribution in [0, 0.1) is 0 Å². The fourth-order valence-electron chi connectivity index (χ4n) is 10.4. The lowest BCUT2D eigenvalue weighted by atomic mass is 10.1. The number of phosphoric acid groups is 2. The fourth-order valence-corrected chi connectivity index (χ4v) is 12.0. The van der Waals surface area contributed by atoms with E-state index < -0.39 is 97.5 Å². The van der Waals surface area contributed by atoms with E-state index >= 15 is 0 Å². The number of esters is 4. The minimum Gasteiger partial charge on any atom is -0.462 e. The summed E-state index contributed by atoms with van der Waals surface area (Å²) in [5.41, 5.74) is 0. The third-order valence-corrected chi connectivity index (χ3v) is 18.5. The summed E-state index contributed by atoms with van der Waals surface area (Å²) < 4.78 is 68.5. The molecule has 0 aliphatic rings. The molecule has 0 radical (unpaired) electrons. The zero-order chi connectivity index (χ0) is 76.0. The van der Waals surface area contributed by atoms with E-state index in [1.165, 1.54) is 70.6 Å². The zero-order valence-corrected chi connectivity index (χ0v) is 66.9. The number of aliphatic hydroxyl groups is 1. The number of carbonyl (C=O) groups is 4. The third kappa shape index (κ3) is 75.4. The molecule has 0 rings (SSSR count). The lowest BCUT2D eigenvalue weighted by molar-refractivity contribution is -0.161. The molecular weight excluding hydrogens is 1350 g/mol. The molecule has 104 heavy (non-hydrogen) atoms. The van der Waals surface area contributed by atoms with Crippen LogP contribution in [0.5, 0.6) is 0 Å². The minimum atomic E-state index is -5.00. The number of rotatable bonds is 75. The first-order valence-electron chi connectivity index (χ1n) is 40.4. The van der Waals surface area contributed by atoms with Crippen molar-refractivity contribution in [3.8, 4) is 0 Å². The Hall–Kier alpha value is -4.80. The van der Waals surface area contributed by atoms with Crippen molar-refractivity contribution in [3.05, 3.63) is 134 Å². The molecule has 5 atom stereocenters. The molecule has 0 aromatic carbocycles. The van der Waals surface area contributed by atoms with Crippen molar-refractivity contribution in [2.24, 2.45) is 0 Å². The summed E-state index contributed by atoms with van der Waals surface area (Å²) in [4.78, 5) is 73.0. The Morgan fingerprint density at radius 3 is 0.856 bits per heavy atom. The van der Waals surface area contributed by atoms with E-state index in [-0.39, 0.29) is 25.7 Å². The predicted octanol–water partition coefficient (Wildman–Crippen LogP) is 23.7. The Labute approximate surface area is 631 Å². The highest BCUT2D eigenvalue weighted by Crippen LogP contribution is 2.45. The van der Waals surface area contributed by atoms with Crippen LogP contribution in [0.2, 0.25) is 0 Å². The molecular formula is C85H144O17P2. The number of hydrogen-bond acceptors (Lipinski definition) is 15. The van der Waals surface area contributed by atoms with Crippen molar-refractivity contribution in [1.29, 1.82) is 0 Å². The molecule has 0 saturated heterocycles. The van der Waals surface area contributed by atoms with E-state index in [0.29, 0.717) is 32.1 Å². The number of carbonyl (C=O) groups excluding carboxylic acids is 4. The van der Waals surface area contributed by atoms with E-state index in [2.05, 4.69) is 143 Å². The van der Waals surface area contributed by atoms with Gasteiger partial charge in [-0.1, -0.05) is 277 Å². The van der Waals surface area contributed by atoms with Crippen LogP contribution in [-0.2, 0) is 65.4 Å². The van der Waals surface area contributed by atoms with Crippen molar-refractivity contribution in [2.75, 3.05) is 39.6 Å². The molecule has 0 heterocycles. The van der Waals surface area contributed by atoms with Crippen LogP contribution in [0.1, 0.15) is 323 Å². The van der Waals surface area contributed by atoms with Gasteiger partial charge in [-0.15, -0.1) is 0 Å². The van der Waals surface area contributed by atoms with Crippen LogP contribution in [0.4, 0.5) is 0 Å². The Balaban J connectivity index is 5.41. The molecule has 19 heteroatoms. The monoisotopic (exact) mass is 1500 g/mol. The van der Waals surface area contributed by atoms with E-state index in [0.717, 1.165) is 167 Å². The molecule has 0 fully saturated rings. The Bertz CT molecular complexity index is 2490. The second-order valence-corrected chi connectivity index (χ2v) is 29.5. The van der Waals surface area contributed by atoms with Gasteiger partial charge in [-0.05, 0) is 154 Å². The van der Waals surface area contributed by atoms with Crippen molar-refractivity contribution < 1.29 is 80.2 Å². The van der Waals surface area contributed by atoms with Gasteiger partial charge in [0, 0.05) is 25.7 Å². The summed E-state index contributed by atoms with van der Waals surface area (Å²) in [6.45, 7) is 4.60. The molecule has 0 amide bonds. The lowest BCUT2D eigenvalue weighted by Crippen LogP contribution is -2.30. The van der Waals surface area contributed by atoms with Crippen LogP contribution in [0.3, 0.4) is 0 Å². The minimum absolute atomic E-state index is 0.0320. The molecule has 0 aliphatic carbocycles. The molecule has 596 valence electrons. The van der Waals surface area contributed by atoms with Crippen molar-refractivity contribution >= 4 is 39.5 Å². The van der Waals surface area contributed by atoms with Gasteiger partial charge in [0.2, 0.25) is 0 Å². The number of unbranched alkanes of at least 4 members (excludes halogenated alkanes) is 27. The van der Waals surface area contributed by atoms with Gasteiger partial charge in [0.1, 0.15) is 19.3 Å². The summed E-state index contributed by atoms with van der Waals surface area (Å²) in [6, 6.07) is 0. The average Bonchev–Trinajstić information content (AvgIpc) is 0.913. The van der Waals surface area contributed by atoms with Gasteiger partial charge in [-0.2, -0.15) is 0 Å². The summed E-state index contributed by atoms with van der Waals surface area (Å²) in [5.74, 6) is -2.30. The van der Waals surface area contributed by atoms with Gasteiger partial charge in [0.25, 0.3) is 0 Å². The second-order valence-electron chi connectivity index (χ2n) is 26.6. The molecule has 0 spiro atoms. The molecule has 0 aromatic heterocycles. The van der Waals surface area contributed by atoms with Gasteiger partial charge < -0.3 is 33.8 Å². The maximum Gasteiger partial charge on any atom is 0.472 e. The number of ether oxygens (including phenoxy) is 4. The van der Waals surface area contributed by atoms with E-state index in [1.54, 1.807) is 0 Å². The van der Waals surface area contributed by atoms with Crippen LogP contribution in [0.15, 0.2) is 134 Å². The predicted molar refractivity (Wildman–Crippen MR) is 427 cm³/mol. The maximum absolute atomic E-state index is 13.1. The van der Waals surface area contributed by atoms with Gasteiger partial charge in [-0.3, -0.25) is 37.3 Å². The highest BCUT2D eigenvalue weighted by molar-refractivity contribution is 7.47. The van der Waals surface area contributed by atoms with E-state index in [9.17, 15) is 43.2 Å². The van der Waals surface area contributed by atoms with Crippen LogP contribution in [0.25, 0.3) is 0 Å². The van der Waals surface area contributed by atoms with E-state index in [1.807, 2.05) is 18.2 Å². The smallest absolute Gasteiger partial charge is 0.462 e. The molecule has 17 nitrogen and oxygen atoms in total. The van der Waals surface area contributed by atoms with Crippen LogP contribution < -0.4 is 0 Å². The SMILES string of the molecule is CC/C=C\C/C=C\C/C=C\C/C=C\C/C=C\C/C=C\CCC(=O)OCC(COP(=O)(O)OCC(O)COP(=O)(O)OCC(COC(=O)CCCCCCCC/C=C\C/C=C\C/C=C\CCCCC)OC(=O)CCCCCCC/C=C\CCCCCC)OC(=O)CCCCCCC/C=C\CCCCCC. The molecule has 0 aromatic rings. The number of allylic oxidation sites excluding steroid dienone is 22. The summed E-state index contributed by atoms with van der Waals surface area (Å²) in [5, 5.41) is 10.6. The highest BCUT2D eigenvalue weighted by Gasteiger charge is 2.30. The summed E-state index contributed by atoms with van der Waals surface area (Å²) >= 11 is 0. The topological polar surface area (TPSA) is 237 Å². The van der Waals surface area contributed by atoms with Crippen LogP contribution >= 0.6 is 15.6 Å².